The Morgan fingerprint density at radius 3 is 2.82 bits per heavy atom. The molecule has 0 N–H and O–H groups in total. The molecular formula is C14H18FNO. The second-order valence-electron chi connectivity index (χ2n) is 4.51. The number of benzene rings is 1. The summed E-state index contributed by atoms with van der Waals surface area (Å²) >= 11 is 0. The molecule has 1 aromatic carbocycles. The van der Waals surface area contributed by atoms with Crippen LogP contribution in [0.3, 0.4) is 0 Å². The van der Waals surface area contributed by atoms with E-state index < -0.39 is 0 Å². The molecule has 0 aromatic heterocycles. The Balaban J connectivity index is 2.39. The van der Waals surface area contributed by atoms with Crippen molar-refractivity contribution in [2.24, 2.45) is 5.92 Å². The van der Waals surface area contributed by atoms with E-state index in [4.69, 9.17) is 10.00 Å². The Morgan fingerprint density at radius 1 is 1.41 bits per heavy atom. The van der Waals surface area contributed by atoms with Gasteiger partial charge >= 0.3 is 0 Å². The highest BCUT2D eigenvalue weighted by Gasteiger charge is 2.03. The van der Waals surface area contributed by atoms with Crippen molar-refractivity contribution in [1.29, 1.82) is 5.26 Å². The first-order valence-electron chi connectivity index (χ1n) is 5.89. The highest BCUT2D eigenvalue weighted by Crippen LogP contribution is 2.12. The van der Waals surface area contributed by atoms with Gasteiger partial charge in [-0.25, -0.2) is 4.39 Å². The van der Waals surface area contributed by atoms with Crippen molar-refractivity contribution in [3.05, 3.63) is 35.1 Å². The SMILES string of the molecule is CC(C)CCCOCc1cc(C#N)ccc1F. The fourth-order valence-electron chi connectivity index (χ4n) is 1.53. The van der Waals surface area contributed by atoms with Crippen LogP contribution in [-0.2, 0) is 11.3 Å². The van der Waals surface area contributed by atoms with Crippen LogP contribution in [0.4, 0.5) is 4.39 Å². The lowest BCUT2D eigenvalue weighted by Crippen LogP contribution is -2.00. The molecule has 0 heterocycles. The summed E-state index contributed by atoms with van der Waals surface area (Å²) in [6, 6.07) is 6.31. The van der Waals surface area contributed by atoms with Gasteiger partial charge in [-0.2, -0.15) is 5.26 Å². The molecule has 0 aliphatic rings. The topological polar surface area (TPSA) is 33.0 Å². The van der Waals surface area contributed by atoms with Gasteiger partial charge in [0.2, 0.25) is 0 Å². The first-order chi connectivity index (χ1) is 8.13. The highest BCUT2D eigenvalue weighted by molar-refractivity contribution is 5.33. The molecule has 3 heteroatoms. The summed E-state index contributed by atoms with van der Waals surface area (Å²) in [6.45, 7) is 5.19. The molecule has 0 saturated carbocycles. The van der Waals surface area contributed by atoms with Crippen LogP contribution >= 0.6 is 0 Å². The zero-order chi connectivity index (χ0) is 12.7. The number of nitrogens with zero attached hydrogens (tertiary/aromatic N) is 1. The molecule has 0 amide bonds. The summed E-state index contributed by atoms with van der Waals surface area (Å²) in [5, 5.41) is 8.71. The van der Waals surface area contributed by atoms with Crippen molar-refractivity contribution in [2.45, 2.75) is 33.3 Å². The number of hydrogen-bond donors (Lipinski definition) is 0. The van der Waals surface area contributed by atoms with E-state index in [1.165, 1.54) is 18.2 Å². The predicted octanol–water partition coefficient (Wildman–Crippen LogP) is 3.65. The van der Waals surface area contributed by atoms with Gasteiger partial charge in [0.1, 0.15) is 5.82 Å². The average Bonchev–Trinajstić information content (AvgIpc) is 2.30. The lowest BCUT2D eigenvalue weighted by atomic mass is 10.1. The second kappa shape index (κ2) is 7.03. The van der Waals surface area contributed by atoms with Gasteiger partial charge in [0, 0.05) is 12.2 Å². The smallest absolute Gasteiger partial charge is 0.128 e. The van der Waals surface area contributed by atoms with Crippen LogP contribution in [0.1, 0.15) is 37.8 Å². The monoisotopic (exact) mass is 235 g/mol. The van der Waals surface area contributed by atoms with E-state index in [0.29, 0.717) is 23.7 Å². The number of ether oxygens (including phenoxy) is 1. The van der Waals surface area contributed by atoms with E-state index in [2.05, 4.69) is 13.8 Å². The maximum Gasteiger partial charge on any atom is 0.128 e. The van der Waals surface area contributed by atoms with Crippen LogP contribution in [0.25, 0.3) is 0 Å². The van der Waals surface area contributed by atoms with Crippen molar-refractivity contribution in [3.63, 3.8) is 0 Å². The maximum absolute atomic E-state index is 13.4. The molecule has 17 heavy (non-hydrogen) atoms. The zero-order valence-corrected chi connectivity index (χ0v) is 10.4. The van der Waals surface area contributed by atoms with Gasteiger partial charge in [-0.15, -0.1) is 0 Å². The Labute approximate surface area is 102 Å². The molecule has 0 saturated heterocycles. The lowest BCUT2D eigenvalue weighted by molar-refractivity contribution is 0.112. The van der Waals surface area contributed by atoms with Gasteiger partial charge in [-0.3, -0.25) is 0 Å². The van der Waals surface area contributed by atoms with E-state index in [-0.39, 0.29) is 12.4 Å². The van der Waals surface area contributed by atoms with Crippen LogP contribution < -0.4 is 0 Å². The Morgan fingerprint density at radius 2 is 2.18 bits per heavy atom. The minimum atomic E-state index is -0.312. The molecule has 0 aliphatic carbocycles. The molecule has 0 radical (unpaired) electrons. The van der Waals surface area contributed by atoms with Crippen LogP contribution in [0.5, 0.6) is 0 Å². The molecule has 0 spiro atoms. The molecule has 0 aliphatic heterocycles. The zero-order valence-electron chi connectivity index (χ0n) is 10.4. The number of hydrogen-bond acceptors (Lipinski definition) is 2. The standard InChI is InChI=1S/C14H18FNO/c1-11(2)4-3-7-17-10-13-8-12(9-16)5-6-14(13)15/h5-6,8,11H,3-4,7,10H2,1-2H3. The molecule has 1 aromatic rings. The summed E-state index contributed by atoms with van der Waals surface area (Å²) < 4.78 is 18.8. The van der Waals surface area contributed by atoms with Crippen LogP contribution in [-0.4, -0.2) is 6.61 Å². The van der Waals surface area contributed by atoms with Crippen molar-refractivity contribution in [2.75, 3.05) is 6.61 Å². The summed E-state index contributed by atoms with van der Waals surface area (Å²) in [7, 11) is 0. The maximum atomic E-state index is 13.4. The first-order valence-corrected chi connectivity index (χ1v) is 5.89. The number of nitriles is 1. The van der Waals surface area contributed by atoms with Crippen molar-refractivity contribution in [3.8, 4) is 6.07 Å². The van der Waals surface area contributed by atoms with Crippen molar-refractivity contribution >= 4 is 0 Å². The normalized spacial score (nSPS) is 10.5. The second-order valence-corrected chi connectivity index (χ2v) is 4.51. The van der Waals surface area contributed by atoms with E-state index in [0.717, 1.165) is 12.8 Å². The number of halogens is 1. The van der Waals surface area contributed by atoms with Gasteiger partial charge in [0.15, 0.2) is 0 Å². The van der Waals surface area contributed by atoms with Crippen molar-refractivity contribution in [1.82, 2.24) is 0 Å². The van der Waals surface area contributed by atoms with Crippen LogP contribution in [0.15, 0.2) is 18.2 Å². The Kier molecular flexibility index (Phi) is 5.65. The fraction of sp³-hybridized carbons (Fsp3) is 0.500. The summed E-state index contributed by atoms with van der Waals surface area (Å²) in [5.41, 5.74) is 0.917. The van der Waals surface area contributed by atoms with Gasteiger partial charge in [0.25, 0.3) is 0 Å². The van der Waals surface area contributed by atoms with E-state index in [9.17, 15) is 4.39 Å². The third-order valence-electron chi connectivity index (χ3n) is 2.50. The van der Waals surface area contributed by atoms with Gasteiger partial charge < -0.3 is 4.74 Å². The Hall–Kier alpha value is -1.40. The lowest BCUT2D eigenvalue weighted by Gasteiger charge is -2.07. The molecular weight excluding hydrogens is 217 g/mol. The molecule has 0 unspecified atom stereocenters. The van der Waals surface area contributed by atoms with E-state index in [1.54, 1.807) is 0 Å². The van der Waals surface area contributed by atoms with Crippen LogP contribution in [0.2, 0.25) is 0 Å². The molecule has 2 nitrogen and oxygen atoms in total. The van der Waals surface area contributed by atoms with Gasteiger partial charge in [0.05, 0.1) is 18.2 Å². The Bertz CT molecular complexity index is 396. The van der Waals surface area contributed by atoms with Gasteiger partial charge in [-0.1, -0.05) is 13.8 Å². The molecule has 0 atom stereocenters. The summed E-state index contributed by atoms with van der Waals surface area (Å²) in [6.07, 6.45) is 2.10. The minimum Gasteiger partial charge on any atom is -0.377 e. The molecule has 1 rings (SSSR count). The summed E-state index contributed by atoms with van der Waals surface area (Å²) in [4.78, 5) is 0. The molecule has 92 valence electrons. The van der Waals surface area contributed by atoms with E-state index in [1.807, 2.05) is 6.07 Å². The van der Waals surface area contributed by atoms with Gasteiger partial charge in [-0.05, 0) is 37.0 Å². The summed E-state index contributed by atoms with van der Waals surface area (Å²) in [5.74, 6) is 0.352. The quantitative estimate of drug-likeness (QED) is 0.705. The molecule has 0 bridgehead atoms. The number of rotatable bonds is 6. The van der Waals surface area contributed by atoms with Crippen LogP contribution in [0, 0.1) is 23.1 Å². The largest absolute Gasteiger partial charge is 0.377 e. The van der Waals surface area contributed by atoms with Crippen molar-refractivity contribution < 1.29 is 9.13 Å². The molecule has 0 fully saturated rings. The average molecular weight is 235 g/mol. The fourth-order valence-corrected chi connectivity index (χ4v) is 1.53. The predicted molar refractivity (Wildman–Crippen MR) is 64.8 cm³/mol. The minimum absolute atomic E-state index is 0.236. The third-order valence-corrected chi connectivity index (χ3v) is 2.50. The van der Waals surface area contributed by atoms with E-state index >= 15 is 0 Å². The highest BCUT2D eigenvalue weighted by atomic mass is 19.1. The first kappa shape index (κ1) is 13.7. The third kappa shape index (κ3) is 4.97.